The second-order valence-electron chi connectivity index (χ2n) is 4.88. The van der Waals surface area contributed by atoms with Gasteiger partial charge in [-0.3, -0.25) is 4.90 Å². The van der Waals surface area contributed by atoms with E-state index in [-0.39, 0.29) is 15.6 Å². The molecule has 1 aromatic rings. The highest BCUT2D eigenvalue weighted by Crippen LogP contribution is 2.40. The van der Waals surface area contributed by atoms with Crippen molar-refractivity contribution in [1.82, 2.24) is 10.2 Å². The van der Waals surface area contributed by atoms with Gasteiger partial charge in [0.1, 0.15) is 5.82 Å². The van der Waals surface area contributed by atoms with E-state index in [1.54, 1.807) is 4.90 Å². The topological polar surface area (TPSA) is 15.3 Å². The number of alkyl halides is 3. The molecule has 1 heterocycles. The van der Waals surface area contributed by atoms with Gasteiger partial charge in [0.25, 0.3) is 0 Å². The Labute approximate surface area is 130 Å². The normalized spacial score (nSPS) is 18.8. The fourth-order valence-electron chi connectivity index (χ4n) is 2.47. The Balaban J connectivity index is 2.41. The lowest BCUT2D eigenvalue weighted by atomic mass is 10.00. The summed E-state index contributed by atoms with van der Waals surface area (Å²) >= 11 is 11.8. The highest BCUT2D eigenvalue weighted by atomic mass is 35.5. The van der Waals surface area contributed by atoms with E-state index in [4.69, 9.17) is 23.2 Å². The molecule has 0 spiro atoms. The Kier molecular flexibility index (Phi) is 5.35. The number of nitrogens with zero attached hydrogens (tertiary/aromatic N) is 1. The number of hydrogen-bond acceptors (Lipinski definition) is 2. The Morgan fingerprint density at radius 3 is 2.38 bits per heavy atom. The van der Waals surface area contributed by atoms with Crippen LogP contribution in [0.5, 0.6) is 0 Å². The van der Waals surface area contributed by atoms with Crippen molar-refractivity contribution in [1.29, 1.82) is 0 Å². The van der Waals surface area contributed by atoms with Crippen LogP contribution in [0.2, 0.25) is 10.0 Å². The highest BCUT2D eigenvalue weighted by molar-refractivity contribution is 6.42. The van der Waals surface area contributed by atoms with Crippen LogP contribution in [0.4, 0.5) is 17.6 Å². The van der Waals surface area contributed by atoms with Crippen molar-refractivity contribution in [3.8, 4) is 0 Å². The lowest BCUT2D eigenvalue weighted by molar-refractivity contribution is -0.149. The van der Waals surface area contributed by atoms with Gasteiger partial charge >= 0.3 is 6.18 Å². The van der Waals surface area contributed by atoms with Gasteiger partial charge in [-0.15, -0.1) is 0 Å². The molecule has 0 unspecified atom stereocenters. The number of benzene rings is 1. The van der Waals surface area contributed by atoms with Crippen LogP contribution in [0, 0.1) is 5.82 Å². The summed E-state index contributed by atoms with van der Waals surface area (Å²) < 4.78 is 52.7. The molecule has 1 aliphatic heterocycles. The Hall–Kier alpha value is -0.560. The smallest absolute Gasteiger partial charge is 0.314 e. The van der Waals surface area contributed by atoms with Crippen molar-refractivity contribution < 1.29 is 17.6 Å². The molecule has 1 aromatic carbocycles. The summed E-state index contributed by atoms with van der Waals surface area (Å²) in [5.74, 6) is -0.766. The van der Waals surface area contributed by atoms with Crippen LogP contribution in [0.15, 0.2) is 12.1 Å². The van der Waals surface area contributed by atoms with E-state index in [1.165, 1.54) is 6.07 Å². The largest absolute Gasteiger partial charge is 0.390 e. The molecule has 0 bridgehead atoms. The standard InChI is InChI=1S/C13H14Cl2F4N2/c14-8-1-2-9(16)11(12(8)15)10(7-13(17,18)19)21-5-3-20-4-6-21/h1-2,10,20H,3-7H2/t10-/m0/s1. The molecule has 0 amide bonds. The SMILES string of the molecule is Fc1ccc(Cl)c(Cl)c1[C@H](CC(F)(F)F)N1CCNCC1. The van der Waals surface area contributed by atoms with Crippen LogP contribution in [-0.2, 0) is 0 Å². The molecule has 1 saturated heterocycles. The van der Waals surface area contributed by atoms with Gasteiger partial charge < -0.3 is 5.32 Å². The summed E-state index contributed by atoms with van der Waals surface area (Å²) in [6.07, 6.45) is -5.59. The minimum atomic E-state index is -4.42. The summed E-state index contributed by atoms with van der Waals surface area (Å²) in [4.78, 5) is 1.59. The molecule has 2 nitrogen and oxygen atoms in total. The van der Waals surface area contributed by atoms with Crippen LogP contribution in [-0.4, -0.2) is 37.3 Å². The predicted molar refractivity (Wildman–Crippen MR) is 74.3 cm³/mol. The van der Waals surface area contributed by atoms with Crippen molar-refractivity contribution in [3.63, 3.8) is 0 Å². The van der Waals surface area contributed by atoms with Crippen LogP contribution >= 0.6 is 23.2 Å². The molecule has 1 N–H and O–H groups in total. The van der Waals surface area contributed by atoms with Gasteiger partial charge in [-0.2, -0.15) is 13.2 Å². The zero-order valence-corrected chi connectivity index (χ0v) is 12.5. The van der Waals surface area contributed by atoms with E-state index in [2.05, 4.69) is 5.32 Å². The molecular formula is C13H14Cl2F4N2. The van der Waals surface area contributed by atoms with E-state index in [9.17, 15) is 17.6 Å². The average molecular weight is 345 g/mol. The zero-order valence-electron chi connectivity index (χ0n) is 11.0. The number of nitrogens with one attached hydrogen (secondary N) is 1. The third kappa shape index (κ3) is 4.22. The molecule has 0 aliphatic carbocycles. The van der Waals surface area contributed by atoms with Crippen LogP contribution in [0.3, 0.4) is 0 Å². The van der Waals surface area contributed by atoms with Crippen LogP contribution in [0.25, 0.3) is 0 Å². The maximum Gasteiger partial charge on any atom is 0.390 e. The van der Waals surface area contributed by atoms with E-state index in [0.717, 1.165) is 6.07 Å². The third-order valence-corrected chi connectivity index (χ3v) is 4.25. The first-order valence-electron chi connectivity index (χ1n) is 6.44. The first kappa shape index (κ1) is 16.8. The van der Waals surface area contributed by atoms with Gasteiger partial charge in [0, 0.05) is 37.8 Å². The molecule has 0 radical (unpaired) electrons. The molecule has 2 rings (SSSR count). The monoisotopic (exact) mass is 344 g/mol. The molecule has 118 valence electrons. The van der Waals surface area contributed by atoms with Gasteiger partial charge in [0.15, 0.2) is 0 Å². The molecule has 1 atom stereocenters. The summed E-state index contributed by atoms with van der Waals surface area (Å²) in [6.45, 7) is 1.88. The lowest BCUT2D eigenvalue weighted by Crippen LogP contribution is -2.46. The van der Waals surface area contributed by atoms with E-state index in [0.29, 0.717) is 26.2 Å². The quantitative estimate of drug-likeness (QED) is 0.657. The average Bonchev–Trinajstić information content (AvgIpc) is 2.42. The summed E-state index contributed by atoms with van der Waals surface area (Å²) in [6, 6.07) is 1.12. The summed E-state index contributed by atoms with van der Waals surface area (Å²) in [5.41, 5.74) is -0.177. The van der Waals surface area contributed by atoms with Gasteiger partial charge in [-0.25, -0.2) is 4.39 Å². The van der Waals surface area contributed by atoms with E-state index in [1.807, 2.05) is 0 Å². The van der Waals surface area contributed by atoms with Crippen molar-refractivity contribution >= 4 is 23.2 Å². The van der Waals surface area contributed by atoms with Crippen molar-refractivity contribution in [2.75, 3.05) is 26.2 Å². The number of piperazine rings is 1. The van der Waals surface area contributed by atoms with Crippen molar-refractivity contribution in [2.45, 2.75) is 18.6 Å². The summed E-state index contributed by atoms with van der Waals surface area (Å²) in [7, 11) is 0. The molecule has 21 heavy (non-hydrogen) atoms. The van der Waals surface area contributed by atoms with Gasteiger partial charge in [0.2, 0.25) is 0 Å². The van der Waals surface area contributed by atoms with Gasteiger partial charge in [0.05, 0.1) is 16.5 Å². The number of rotatable bonds is 3. The maximum atomic E-state index is 14.1. The zero-order chi connectivity index (χ0) is 15.6. The van der Waals surface area contributed by atoms with Crippen LogP contribution in [0.1, 0.15) is 18.0 Å². The van der Waals surface area contributed by atoms with E-state index >= 15 is 0 Å². The first-order chi connectivity index (χ1) is 9.79. The predicted octanol–water partition coefficient (Wildman–Crippen LogP) is 4.03. The molecule has 1 fully saturated rings. The third-order valence-electron chi connectivity index (χ3n) is 3.43. The maximum absolute atomic E-state index is 14.1. The fraction of sp³-hybridized carbons (Fsp3) is 0.538. The molecular weight excluding hydrogens is 331 g/mol. The lowest BCUT2D eigenvalue weighted by Gasteiger charge is -2.36. The second-order valence-corrected chi connectivity index (χ2v) is 5.66. The molecule has 1 aliphatic rings. The second kappa shape index (κ2) is 6.69. The highest BCUT2D eigenvalue weighted by Gasteiger charge is 2.38. The van der Waals surface area contributed by atoms with E-state index < -0.39 is 24.5 Å². The number of hydrogen-bond donors (Lipinski definition) is 1. The first-order valence-corrected chi connectivity index (χ1v) is 7.20. The Morgan fingerprint density at radius 1 is 1.19 bits per heavy atom. The Morgan fingerprint density at radius 2 is 1.81 bits per heavy atom. The molecule has 8 heteroatoms. The van der Waals surface area contributed by atoms with Crippen molar-refractivity contribution in [2.24, 2.45) is 0 Å². The van der Waals surface area contributed by atoms with Crippen LogP contribution < -0.4 is 5.32 Å². The molecule has 0 saturated carbocycles. The fourth-order valence-corrected chi connectivity index (χ4v) is 2.92. The minimum Gasteiger partial charge on any atom is -0.314 e. The minimum absolute atomic E-state index is 0.0513. The summed E-state index contributed by atoms with van der Waals surface area (Å²) in [5, 5.41) is 2.95. The van der Waals surface area contributed by atoms with Gasteiger partial charge in [-0.05, 0) is 12.1 Å². The van der Waals surface area contributed by atoms with Gasteiger partial charge in [-0.1, -0.05) is 23.2 Å². The molecule has 0 aromatic heterocycles. The Bertz CT molecular complexity index is 502. The van der Waals surface area contributed by atoms with Crippen molar-refractivity contribution in [3.05, 3.63) is 33.6 Å². The number of halogens is 6.